The molecule has 1 amide bonds. The van der Waals surface area contributed by atoms with Crippen molar-refractivity contribution in [1.82, 2.24) is 4.90 Å². The van der Waals surface area contributed by atoms with Crippen LogP contribution in [-0.2, 0) is 14.6 Å². The van der Waals surface area contributed by atoms with Gasteiger partial charge >= 0.3 is 0 Å². The molecule has 0 saturated carbocycles. The molecule has 31 heavy (non-hydrogen) atoms. The lowest BCUT2D eigenvalue weighted by molar-refractivity contribution is -0.126. The van der Waals surface area contributed by atoms with E-state index in [0.717, 1.165) is 6.42 Å². The Morgan fingerprint density at radius 2 is 1.71 bits per heavy atom. The number of benzene rings is 2. The fourth-order valence-corrected chi connectivity index (χ4v) is 5.35. The van der Waals surface area contributed by atoms with Gasteiger partial charge in [0.15, 0.2) is 21.3 Å². The summed E-state index contributed by atoms with van der Waals surface area (Å²) in [5, 5.41) is 0. The molecule has 0 spiro atoms. The van der Waals surface area contributed by atoms with E-state index in [0.29, 0.717) is 35.8 Å². The Morgan fingerprint density at radius 1 is 1.06 bits per heavy atom. The van der Waals surface area contributed by atoms with Gasteiger partial charge < -0.3 is 19.1 Å². The average Bonchev–Trinajstić information content (AvgIpc) is 3.24. The first kappa shape index (κ1) is 22.7. The van der Waals surface area contributed by atoms with Crippen molar-refractivity contribution in [2.45, 2.75) is 23.8 Å². The smallest absolute Gasteiger partial charge is 0.246 e. The number of rotatable bonds is 8. The molecule has 0 N–H and O–H groups in total. The topological polar surface area (TPSA) is 82.1 Å². The number of carbonyl (C=O) groups is 1. The van der Waals surface area contributed by atoms with Crippen LogP contribution in [0.5, 0.6) is 17.2 Å². The lowest BCUT2D eigenvalue weighted by Gasteiger charge is -2.23. The van der Waals surface area contributed by atoms with E-state index in [-0.39, 0.29) is 22.6 Å². The summed E-state index contributed by atoms with van der Waals surface area (Å²) in [5.74, 6) is 1.14. The normalized spacial score (nSPS) is 16.5. The summed E-state index contributed by atoms with van der Waals surface area (Å²) >= 11 is 0. The van der Waals surface area contributed by atoms with Gasteiger partial charge in [-0.1, -0.05) is 18.2 Å². The van der Waals surface area contributed by atoms with Crippen LogP contribution in [0.4, 0.5) is 0 Å². The van der Waals surface area contributed by atoms with Crippen molar-refractivity contribution < 1.29 is 27.4 Å². The van der Waals surface area contributed by atoms with Crippen LogP contribution in [0, 0.1) is 0 Å². The molecule has 2 aromatic carbocycles. The zero-order valence-corrected chi connectivity index (χ0v) is 18.7. The van der Waals surface area contributed by atoms with Gasteiger partial charge in [0, 0.05) is 18.7 Å². The lowest BCUT2D eigenvalue weighted by Crippen LogP contribution is -2.38. The molecule has 1 saturated heterocycles. The third kappa shape index (κ3) is 5.19. The maximum atomic E-state index is 12.8. The third-order valence-corrected chi connectivity index (χ3v) is 7.09. The Hall–Kier alpha value is -3.00. The fraction of sp³-hybridized carbons (Fsp3) is 0.348. The van der Waals surface area contributed by atoms with Crippen LogP contribution in [-0.4, -0.2) is 58.9 Å². The number of amides is 1. The molecule has 1 aliphatic heterocycles. The van der Waals surface area contributed by atoms with Crippen molar-refractivity contribution >= 4 is 21.8 Å². The van der Waals surface area contributed by atoms with Crippen molar-refractivity contribution in [1.29, 1.82) is 0 Å². The van der Waals surface area contributed by atoms with Gasteiger partial charge in [0.25, 0.3) is 0 Å². The molecule has 1 unspecified atom stereocenters. The second-order valence-corrected chi connectivity index (χ2v) is 9.25. The highest BCUT2D eigenvalue weighted by Crippen LogP contribution is 2.38. The standard InChI is InChI=1S/C23H27NO6S/c1-28-20-14-17(15-21(29-2)23(20)30-3)11-12-22(25)24-13-7-8-18(24)16-31(26,27)19-9-5-4-6-10-19/h4-6,9-12,14-15,18H,7-8,13,16H2,1-3H3/b12-11+. The molecule has 1 heterocycles. The lowest BCUT2D eigenvalue weighted by atomic mass is 10.1. The number of nitrogens with zero attached hydrogens (tertiary/aromatic N) is 1. The van der Waals surface area contributed by atoms with Gasteiger partial charge in [-0.25, -0.2) is 8.42 Å². The predicted octanol–water partition coefficient (Wildman–Crippen LogP) is 3.19. The molecule has 166 valence electrons. The predicted molar refractivity (Wildman–Crippen MR) is 118 cm³/mol. The molecule has 3 rings (SSSR count). The monoisotopic (exact) mass is 445 g/mol. The third-order valence-electron chi connectivity index (χ3n) is 5.28. The van der Waals surface area contributed by atoms with Crippen LogP contribution in [0.2, 0.25) is 0 Å². The highest BCUT2D eigenvalue weighted by Gasteiger charge is 2.32. The minimum Gasteiger partial charge on any atom is -0.493 e. The summed E-state index contributed by atoms with van der Waals surface area (Å²) in [4.78, 5) is 14.8. The molecule has 0 aliphatic carbocycles. The van der Waals surface area contributed by atoms with Crippen LogP contribution in [0.3, 0.4) is 0 Å². The van der Waals surface area contributed by atoms with Gasteiger partial charge in [-0.15, -0.1) is 0 Å². The van der Waals surface area contributed by atoms with Gasteiger partial charge in [0.05, 0.1) is 32.0 Å². The van der Waals surface area contributed by atoms with Gasteiger partial charge in [0.1, 0.15) is 0 Å². The van der Waals surface area contributed by atoms with Crippen LogP contribution in [0.25, 0.3) is 6.08 Å². The highest BCUT2D eigenvalue weighted by molar-refractivity contribution is 7.91. The Balaban J connectivity index is 1.76. The molecular weight excluding hydrogens is 418 g/mol. The van der Waals surface area contributed by atoms with Crippen LogP contribution < -0.4 is 14.2 Å². The Morgan fingerprint density at radius 3 is 2.29 bits per heavy atom. The van der Waals surface area contributed by atoms with Crippen molar-refractivity contribution in [3.8, 4) is 17.2 Å². The quantitative estimate of drug-likeness (QED) is 0.581. The van der Waals surface area contributed by atoms with Gasteiger partial charge in [-0.2, -0.15) is 0 Å². The van der Waals surface area contributed by atoms with E-state index < -0.39 is 9.84 Å². The Kier molecular flexibility index (Phi) is 7.22. The molecule has 0 radical (unpaired) electrons. The molecule has 1 aliphatic rings. The Bertz CT molecular complexity index is 1020. The molecule has 0 bridgehead atoms. The first-order valence-corrected chi connectivity index (χ1v) is 11.6. The van der Waals surface area contributed by atoms with Crippen LogP contribution in [0.1, 0.15) is 18.4 Å². The molecule has 1 fully saturated rings. The zero-order valence-electron chi connectivity index (χ0n) is 17.9. The first-order chi connectivity index (χ1) is 14.9. The SMILES string of the molecule is COc1cc(/C=C/C(=O)N2CCCC2CS(=O)(=O)c2ccccc2)cc(OC)c1OC. The van der Waals surface area contributed by atoms with Crippen molar-refractivity contribution in [2.24, 2.45) is 0 Å². The van der Waals surface area contributed by atoms with Gasteiger partial charge in [-0.3, -0.25) is 4.79 Å². The summed E-state index contributed by atoms with van der Waals surface area (Å²) in [5.41, 5.74) is 0.704. The number of hydrogen-bond acceptors (Lipinski definition) is 6. The number of ether oxygens (including phenoxy) is 3. The molecule has 1 atom stereocenters. The van der Waals surface area contributed by atoms with E-state index >= 15 is 0 Å². The number of likely N-dealkylation sites (tertiary alicyclic amines) is 1. The maximum absolute atomic E-state index is 12.8. The van der Waals surface area contributed by atoms with E-state index in [1.165, 1.54) is 27.4 Å². The van der Waals surface area contributed by atoms with Crippen LogP contribution in [0.15, 0.2) is 53.4 Å². The molecule has 0 aromatic heterocycles. The number of carbonyl (C=O) groups excluding carboxylic acids is 1. The summed E-state index contributed by atoms with van der Waals surface area (Å²) in [7, 11) is 1.11. The van der Waals surface area contributed by atoms with E-state index in [2.05, 4.69) is 0 Å². The summed E-state index contributed by atoms with van der Waals surface area (Å²) in [6, 6.07) is 11.5. The van der Waals surface area contributed by atoms with Crippen molar-refractivity contribution in [2.75, 3.05) is 33.6 Å². The minimum absolute atomic E-state index is 0.0826. The van der Waals surface area contributed by atoms with Crippen molar-refractivity contribution in [3.63, 3.8) is 0 Å². The first-order valence-electron chi connectivity index (χ1n) is 9.96. The number of sulfone groups is 1. The molecule has 7 nitrogen and oxygen atoms in total. The second-order valence-electron chi connectivity index (χ2n) is 7.21. The van der Waals surface area contributed by atoms with Crippen molar-refractivity contribution in [3.05, 3.63) is 54.1 Å². The fourth-order valence-electron chi connectivity index (χ4n) is 3.74. The highest BCUT2D eigenvalue weighted by atomic mass is 32.2. The van der Waals surface area contributed by atoms with E-state index in [1.807, 2.05) is 0 Å². The molecule has 2 aromatic rings. The van der Waals surface area contributed by atoms with Gasteiger partial charge in [-0.05, 0) is 48.7 Å². The molecule has 8 heteroatoms. The summed E-state index contributed by atoms with van der Waals surface area (Å²) in [6.07, 6.45) is 4.55. The Labute approximate surface area is 183 Å². The molecular formula is C23H27NO6S. The van der Waals surface area contributed by atoms with Gasteiger partial charge in [0.2, 0.25) is 11.7 Å². The number of methoxy groups -OCH3 is 3. The van der Waals surface area contributed by atoms with E-state index in [4.69, 9.17) is 14.2 Å². The minimum atomic E-state index is -3.47. The largest absolute Gasteiger partial charge is 0.493 e. The summed E-state index contributed by atoms with van der Waals surface area (Å²) < 4.78 is 41.5. The van der Waals surface area contributed by atoms with E-state index in [9.17, 15) is 13.2 Å². The average molecular weight is 446 g/mol. The zero-order chi connectivity index (χ0) is 22.4. The van der Waals surface area contributed by atoms with Crippen LogP contribution >= 0.6 is 0 Å². The maximum Gasteiger partial charge on any atom is 0.246 e. The number of hydrogen-bond donors (Lipinski definition) is 0. The summed E-state index contributed by atoms with van der Waals surface area (Å²) in [6.45, 7) is 0.535. The van der Waals surface area contributed by atoms with E-state index in [1.54, 1.807) is 53.4 Å². The second kappa shape index (κ2) is 9.87.